The van der Waals surface area contributed by atoms with Gasteiger partial charge in [-0.2, -0.15) is 0 Å². The van der Waals surface area contributed by atoms with Crippen LogP contribution < -0.4 is 10.1 Å². The second-order valence-corrected chi connectivity index (χ2v) is 6.39. The Hall–Kier alpha value is -1.82. The van der Waals surface area contributed by atoms with Crippen molar-refractivity contribution in [2.24, 2.45) is 0 Å². The second kappa shape index (κ2) is 7.45. The highest BCUT2D eigenvalue weighted by molar-refractivity contribution is 6.31. The normalized spacial score (nSPS) is 12.7. The van der Waals surface area contributed by atoms with Gasteiger partial charge in [0, 0.05) is 11.8 Å². The third-order valence-corrected chi connectivity index (χ3v) is 2.61. The number of ether oxygens (including phenoxy) is 2. The molecule has 1 rings (SSSR count). The van der Waals surface area contributed by atoms with Gasteiger partial charge in [-0.1, -0.05) is 11.6 Å². The molecule has 0 fully saturated rings. The number of amides is 1. The van der Waals surface area contributed by atoms with Gasteiger partial charge in [0.2, 0.25) is 5.88 Å². The number of nitrogens with one attached hydrogen (secondary N) is 1. The van der Waals surface area contributed by atoms with E-state index in [9.17, 15) is 9.59 Å². The van der Waals surface area contributed by atoms with Crippen molar-refractivity contribution < 1.29 is 19.1 Å². The van der Waals surface area contributed by atoms with Gasteiger partial charge < -0.3 is 19.6 Å². The van der Waals surface area contributed by atoms with Gasteiger partial charge in [-0.15, -0.1) is 0 Å². The van der Waals surface area contributed by atoms with Crippen LogP contribution >= 0.6 is 11.6 Å². The third kappa shape index (κ3) is 5.89. The lowest BCUT2D eigenvalue weighted by Crippen LogP contribution is -2.35. The van der Waals surface area contributed by atoms with Gasteiger partial charge in [-0.05, 0) is 40.7 Å². The van der Waals surface area contributed by atoms with E-state index in [-0.39, 0.29) is 17.0 Å². The minimum atomic E-state index is -0.895. The van der Waals surface area contributed by atoms with Gasteiger partial charge in [0.25, 0.3) is 0 Å². The predicted octanol–water partition coefficient (Wildman–Crippen LogP) is 3.29. The van der Waals surface area contributed by atoms with E-state index in [0.717, 1.165) is 0 Å². The van der Waals surface area contributed by atoms with Crippen molar-refractivity contribution in [3.05, 3.63) is 22.8 Å². The first kappa shape index (κ1) is 18.2. The van der Waals surface area contributed by atoms with E-state index in [0.29, 0.717) is 11.8 Å². The number of aldehydes is 1. The summed E-state index contributed by atoms with van der Waals surface area (Å²) < 4.78 is 10.5. The zero-order valence-corrected chi connectivity index (χ0v) is 14.1. The molecule has 0 radical (unpaired) electrons. The van der Waals surface area contributed by atoms with Gasteiger partial charge in [-0.3, -0.25) is 0 Å². The summed E-state index contributed by atoms with van der Waals surface area (Å²) in [7, 11) is 0. The van der Waals surface area contributed by atoms with Gasteiger partial charge in [-0.25, -0.2) is 9.78 Å². The van der Waals surface area contributed by atoms with Gasteiger partial charge in [0.15, 0.2) is 0 Å². The average molecular weight is 329 g/mol. The van der Waals surface area contributed by atoms with E-state index in [2.05, 4.69) is 10.3 Å². The van der Waals surface area contributed by atoms with Gasteiger partial charge in [0.05, 0.1) is 6.10 Å². The van der Waals surface area contributed by atoms with Crippen molar-refractivity contribution in [1.29, 1.82) is 0 Å². The highest BCUT2D eigenvalue weighted by Gasteiger charge is 2.21. The molecular weight excluding hydrogens is 308 g/mol. The number of pyridine rings is 1. The number of hydrogen-bond donors (Lipinski definition) is 1. The molecule has 0 aliphatic carbocycles. The van der Waals surface area contributed by atoms with E-state index >= 15 is 0 Å². The highest BCUT2D eigenvalue weighted by Crippen LogP contribution is 2.25. The molecule has 22 heavy (non-hydrogen) atoms. The van der Waals surface area contributed by atoms with Crippen LogP contribution in [0.25, 0.3) is 0 Å². The summed E-state index contributed by atoms with van der Waals surface area (Å²) in [5.74, 6) is 0.280. The molecule has 7 heteroatoms. The number of halogens is 1. The fourth-order valence-corrected chi connectivity index (χ4v) is 1.77. The number of rotatable bonds is 5. The summed E-state index contributed by atoms with van der Waals surface area (Å²) in [5, 5.41) is 2.73. The monoisotopic (exact) mass is 328 g/mol. The molecule has 0 aliphatic rings. The van der Waals surface area contributed by atoms with E-state index in [1.54, 1.807) is 20.8 Å². The molecule has 1 amide bonds. The van der Waals surface area contributed by atoms with Gasteiger partial charge in [0.1, 0.15) is 23.0 Å². The Morgan fingerprint density at radius 3 is 2.50 bits per heavy atom. The van der Waals surface area contributed by atoms with Crippen LogP contribution in [0.4, 0.5) is 4.79 Å². The van der Waals surface area contributed by atoms with Crippen molar-refractivity contribution >= 4 is 24.0 Å². The Morgan fingerprint density at radius 2 is 2.05 bits per heavy atom. The van der Waals surface area contributed by atoms with E-state index in [1.165, 1.54) is 12.3 Å². The molecule has 0 aromatic carbocycles. The topological polar surface area (TPSA) is 77.5 Å². The van der Waals surface area contributed by atoms with E-state index in [1.807, 2.05) is 13.8 Å². The van der Waals surface area contributed by atoms with Gasteiger partial charge >= 0.3 is 6.09 Å². The van der Waals surface area contributed by atoms with Crippen molar-refractivity contribution in [2.75, 3.05) is 0 Å². The summed E-state index contributed by atoms with van der Waals surface area (Å²) in [4.78, 5) is 27.0. The fraction of sp³-hybridized carbons (Fsp3) is 0.533. The van der Waals surface area contributed by atoms with Crippen LogP contribution in [-0.2, 0) is 9.53 Å². The molecule has 122 valence electrons. The summed E-state index contributed by atoms with van der Waals surface area (Å²) in [6.45, 7) is 8.91. The lowest BCUT2D eigenvalue weighted by atomic mass is 10.1. The molecule has 1 N–H and O–H groups in total. The second-order valence-electron chi connectivity index (χ2n) is 5.98. The van der Waals surface area contributed by atoms with E-state index in [4.69, 9.17) is 21.1 Å². The molecule has 1 aromatic heterocycles. The molecule has 0 bridgehead atoms. The molecule has 1 unspecified atom stereocenters. The highest BCUT2D eigenvalue weighted by atomic mass is 35.5. The lowest BCUT2D eigenvalue weighted by molar-refractivity contribution is -0.109. The Balaban J connectivity index is 2.85. The quantitative estimate of drug-likeness (QED) is 0.839. The largest absolute Gasteiger partial charge is 0.474 e. The molecule has 0 saturated heterocycles. The Kier molecular flexibility index (Phi) is 6.17. The number of carbonyl (C=O) groups excluding carboxylic acids is 2. The molecular formula is C15H21ClN2O4. The maximum atomic E-state index is 11.7. The SMILES string of the molecule is CC(C)Oc1ncc(C(C=O)NC(=O)OC(C)(C)C)cc1Cl. The molecule has 6 nitrogen and oxygen atoms in total. The number of nitrogens with zero attached hydrogens (tertiary/aromatic N) is 1. The van der Waals surface area contributed by atoms with Crippen molar-refractivity contribution in [3.8, 4) is 5.88 Å². The van der Waals surface area contributed by atoms with Crippen LogP contribution in [-0.4, -0.2) is 29.1 Å². The smallest absolute Gasteiger partial charge is 0.408 e. The van der Waals surface area contributed by atoms with Crippen LogP contribution in [0.15, 0.2) is 12.3 Å². The summed E-state index contributed by atoms with van der Waals surface area (Å²) >= 11 is 6.07. The zero-order chi connectivity index (χ0) is 16.9. The number of alkyl carbamates (subject to hydrolysis) is 1. The zero-order valence-electron chi connectivity index (χ0n) is 13.3. The van der Waals surface area contributed by atoms with Crippen LogP contribution in [0.2, 0.25) is 5.02 Å². The minimum absolute atomic E-state index is 0.0717. The molecule has 1 atom stereocenters. The lowest BCUT2D eigenvalue weighted by Gasteiger charge is -2.21. The van der Waals surface area contributed by atoms with Crippen molar-refractivity contribution in [1.82, 2.24) is 10.3 Å². The number of aromatic nitrogens is 1. The first-order chi connectivity index (χ1) is 10.1. The van der Waals surface area contributed by atoms with Crippen LogP contribution in [0.3, 0.4) is 0 Å². The molecule has 1 heterocycles. The summed E-state index contributed by atoms with van der Waals surface area (Å²) in [5.41, 5.74) is -0.204. The Labute approximate surface area is 135 Å². The van der Waals surface area contributed by atoms with Crippen LogP contribution in [0, 0.1) is 0 Å². The molecule has 0 saturated carbocycles. The van der Waals surface area contributed by atoms with Crippen LogP contribution in [0.1, 0.15) is 46.2 Å². The third-order valence-electron chi connectivity index (χ3n) is 2.34. The minimum Gasteiger partial charge on any atom is -0.474 e. The maximum Gasteiger partial charge on any atom is 0.408 e. The fourth-order valence-electron chi connectivity index (χ4n) is 1.55. The Morgan fingerprint density at radius 1 is 1.41 bits per heavy atom. The van der Waals surface area contributed by atoms with Crippen LogP contribution in [0.5, 0.6) is 5.88 Å². The predicted molar refractivity (Wildman–Crippen MR) is 83.2 cm³/mol. The number of carbonyl (C=O) groups is 2. The summed E-state index contributed by atoms with van der Waals surface area (Å²) in [6.07, 6.45) is 1.25. The first-order valence-electron chi connectivity index (χ1n) is 6.89. The molecule has 0 spiro atoms. The van der Waals surface area contributed by atoms with E-state index < -0.39 is 17.7 Å². The average Bonchev–Trinajstić information content (AvgIpc) is 2.36. The first-order valence-corrected chi connectivity index (χ1v) is 7.27. The Bertz CT molecular complexity index is 541. The molecule has 0 aliphatic heterocycles. The van der Waals surface area contributed by atoms with Crippen molar-refractivity contribution in [3.63, 3.8) is 0 Å². The van der Waals surface area contributed by atoms with Crippen molar-refractivity contribution in [2.45, 2.75) is 52.4 Å². The number of hydrogen-bond acceptors (Lipinski definition) is 5. The maximum absolute atomic E-state index is 11.7. The summed E-state index contributed by atoms with van der Waals surface area (Å²) in [6, 6.07) is 0.635. The molecule has 1 aromatic rings. The standard InChI is InChI=1S/C15H21ClN2O4/c1-9(2)21-13-11(16)6-10(7-17-13)12(8-19)18-14(20)22-15(3,4)5/h6-9,12H,1-5H3,(H,18,20).